The Morgan fingerprint density at radius 2 is 1.22 bits per heavy atom. The van der Waals surface area contributed by atoms with Crippen molar-refractivity contribution >= 4 is 22.7 Å². The van der Waals surface area contributed by atoms with E-state index in [0.29, 0.717) is 11.5 Å². The van der Waals surface area contributed by atoms with Gasteiger partial charge in [-0.1, -0.05) is 73.8 Å². The van der Waals surface area contributed by atoms with E-state index in [1.165, 1.54) is 33.0 Å². The van der Waals surface area contributed by atoms with E-state index in [2.05, 4.69) is 73.8 Å². The lowest BCUT2D eigenvalue weighted by molar-refractivity contribution is -0.139. The Morgan fingerprint density at radius 1 is 0.683 bits per heavy atom. The van der Waals surface area contributed by atoms with Gasteiger partial charge in [0, 0.05) is 17.6 Å². The Kier molecular flexibility index (Phi) is 8.49. The number of carbonyl (C=O) groups excluding carboxylic acids is 2. The van der Waals surface area contributed by atoms with Gasteiger partial charge in [-0.05, 0) is 70.1 Å². The second kappa shape index (κ2) is 12.6. The molecular weight excluding hydrogens is 516 g/mol. The standard InChI is InChI=1S/C35H32O6/c1-3-33(36)40-23-21-38-28-14-10-26(11-15-28)35(20-19-31-30-8-6-5-7-25(30)9-18-32(31)35)27-12-16-29(17-13-27)39-22-24-41-34(37)4-2/h3-18H,1-2,19-24H2. The number of esters is 2. The highest BCUT2D eigenvalue weighted by Crippen LogP contribution is 2.51. The van der Waals surface area contributed by atoms with Crippen LogP contribution in [-0.4, -0.2) is 38.4 Å². The maximum atomic E-state index is 11.3. The molecule has 1 aliphatic carbocycles. The zero-order chi connectivity index (χ0) is 28.7. The molecule has 0 aromatic heterocycles. The van der Waals surface area contributed by atoms with Crippen LogP contribution >= 0.6 is 0 Å². The predicted octanol–water partition coefficient (Wildman–Crippen LogP) is 6.34. The molecule has 0 spiro atoms. The minimum absolute atomic E-state index is 0.155. The monoisotopic (exact) mass is 548 g/mol. The van der Waals surface area contributed by atoms with E-state index in [4.69, 9.17) is 18.9 Å². The van der Waals surface area contributed by atoms with Gasteiger partial charge in [0.05, 0.1) is 0 Å². The number of aryl methyl sites for hydroxylation is 1. The van der Waals surface area contributed by atoms with E-state index in [0.717, 1.165) is 25.0 Å². The Hall–Kier alpha value is -4.84. The highest BCUT2D eigenvalue weighted by atomic mass is 16.6. The molecule has 0 saturated carbocycles. The van der Waals surface area contributed by atoms with Crippen LogP contribution in [0.15, 0.2) is 110 Å². The fraction of sp³-hybridized carbons (Fsp3) is 0.200. The number of fused-ring (bicyclic) bond motifs is 3. The van der Waals surface area contributed by atoms with Crippen LogP contribution in [0.2, 0.25) is 0 Å². The van der Waals surface area contributed by atoms with Crippen LogP contribution in [0.1, 0.15) is 28.7 Å². The van der Waals surface area contributed by atoms with Crippen molar-refractivity contribution in [2.24, 2.45) is 0 Å². The molecule has 0 aliphatic heterocycles. The SMILES string of the molecule is C=CC(=O)OCCOc1ccc(C2(c3ccc(OCCOC(=O)C=C)cc3)CCc3c2ccc2ccccc32)cc1. The molecule has 0 radical (unpaired) electrons. The lowest BCUT2D eigenvalue weighted by atomic mass is 9.70. The lowest BCUT2D eigenvalue weighted by Crippen LogP contribution is -2.26. The molecule has 41 heavy (non-hydrogen) atoms. The van der Waals surface area contributed by atoms with Crippen molar-refractivity contribution in [2.45, 2.75) is 18.3 Å². The largest absolute Gasteiger partial charge is 0.490 e. The minimum Gasteiger partial charge on any atom is -0.490 e. The fourth-order valence-electron chi connectivity index (χ4n) is 5.61. The molecule has 1 aliphatic rings. The third kappa shape index (κ3) is 5.87. The number of hydrogen-bond donors (Lipinski definition) is 0. The van der Waals surface area contributed by atoms with Crippen LogP contribution in [0.3, 0.4) is 0 Å². The van der Waals surface area contributed by atoms with Gasteiger partial charge in [-0.25, -0.2) is 9.59 Å². The summed E-state index contributed by atoms with van der Waals surface area (Å²) in [5, 5.41) is 2.53. The molecule has 4 aromatic rings. The summed E-state index contributed by atoms with van der Waals surface area (Å²) in [6.07, 6.45) is 4.15. The summed E-state index contributed by atoms with van der Waals surface area (Å²) < 4.78 is 21.6. The zero-order valence-electron chi connectivity index (χ0n) is 22.8. The minimum atomic E-state index is -0.467. The number of carbonyl (C=O) groups is 2. The average molecular weight is 549 g/mol. The van der Waals surface area contributed by atoms with Crippen molar-refractivity contribution in [3.8, 4) is 11.5 Å². The van der Waals surface area contributed by atoms with Crippen molar-refractivity contribution in [2.75, 3.05) is 26.4 Å². The van der Waals surface area contributed by atoms with E-state index in [9.17, 15) is 9.59 Å². The molecular formula is C35H32O6. The van der Waals surface area contributed by atoms with Gasteiger partial charge < -0.3 is 18.9 Å². The van der Waals surface area contributed by atoms with Gasteiger partial charge >= 0.3 is 11.9 Å². The Bertz CT molecular complexity index is 1480. The van der Waals surface area contributed by atoms with E-state index >= 15 is 0 Å². The summed E-state index contributed by atoms with van der Waals surface area (Å²) in [5.74, 6) is 0.476. The van der Waals surface area contributed by atoms with Gasteiger partial charge in [-0.3, -0.25) is 0 Å². The molecule has 0 amide bonds. The molecule has 0 bridgehead atoms. The second-order valence-corrected chi connectivity index (χ2v) is 9.71. The van der Waals surface area contributed by atoms with Crippen LogP contribution in [0, 0.1) is 0 Å². The first-order chi connectivity index (χ1) is 20.0. The Labute approximate surface area is 239 Å². The number of rotatable bonds is 12. The number of hydrogen-bond acceptors (Lipinski definition) is 6. The molecule has 5 rings (SSSR count). The zero-order valence-corrected chi connectivity index (χ0v) is 22.8. The average Bonchev–Trinajstić information content (AvgIpc) is 3.42. The van der Waals surface area contributed by atoms with Gasteiger partial charge in [0.2, 0.25) is 0 Å². The topological polar surface area (TPSA) is 71.1 Å². The normalized spacial score (nSPS) is 13.2. The molecule has 0 heterocycles. The third-order valence-corrected chi connectivity index (χ3v) is 7.47. The summed E-state index contributed by atoms with van der Waals surface area (Å²) >= 11 is 0. The van der Waals surface area contributed by atoms with Crippen LogP contribution in [0.25, 0.3) is 10.8 Å². The van der Waals surface area contributed by atoms with Gasteiger partial charge in [-0.15, -0.1) is 0 Å². The van der Waals surface area contributed by atoms with Crippen LogP contribution in [0.5, 0.6) is 11.5 Å². The number of benzene rings is 4. The molecule has 0 unspecified atom stereocenters. The maximum Gasteiger partial charge on any atom is 0.330 e. The lowest BCUT2D eigenvalue weighted by Gasteiger charge is -2.32. The summed E-state index contributed by atoms with van der Waals surface area (Å²) in [5.41, 5.74) is 4.65. The van der Waals surface area contributed by atoms with E-state index in [-0.39, 0.29) is 31.8 Å². The van der Waals surface area contributed by atoms with E-state index in [1.54, 1.807) is 0 Å². The van der Waals surface area contributed by atoms with Crippen molar-refractivity contribution in [1.82, 2.24) is 0 Å². The quantitative estimate of drug-likeness (QED) is 0.117. The molecule has 4 aromatic carbocycles. The van der Waals surface area contributed by atoms with Gasteiger partial charge in [-0.2, -0.15) is 0 Å². The fourth-order valence-corrected chi connectivity index (χ4v) is 5.61. The third-order valence-electron chi connectivity index (χ3n) is 7.47. The summed E-state index contributed by atoms with van der Waals surface area (Å²) in [6.45, 7) is 7.62. The van der Waals surface area contributed by atoms with Crippen molar-refractivity contribution in [3.05, 3.63) is 132 Å². The smallest absolute Gasteiger partial charge is 0.330 e. The van der Waals surface area contributed by atoms with E-state index in [1.807, 2.05) is 24.3 Å². The van der Waals surface area contributed by atoms with Crippen LogP contribution in [0.4, 0.5) is 0 Å². The predicted molar refractivity (Wildman–Crippen MR) is 158 cm³/mol. The number of ether oxygens (including phenoxy) is 4. The first kappa shape index (κ1) is 27.7. The second-order valence-electron chi connectivity index (χ2n) is 9.71. The molecule has 0 N–H and O–H groups in total. The molecule has 208 valence electrons. The first-order valence-electron chi connectivity index (χ1n) is 13.6. The maximum absolute atomic E-state index is 11.3. The first-order valence-corrected chi connectivity index (χ1v) is 13.6. The van der Waals surface area contributed by atoms with Crippen molar-refractivity contribution in [1.29, 1.82) is 0 Å². The van der Waals surface area contributed by atoms with Crippen LogP contribution in [-0.2, 0) is 30.9 Å². The van der Waals surface area contributed by atoms with Gasteiger partial charge in [0.25, 0.3) is 0 Å². The molecule has 0 atom stereocenters. The molecule has 0 fully saturated rings. The van der Waals surface area contributed by atoms with Crippen LogP contribution < -0.4 is 9.47 Å². The van der Waals surface area contributed by atoms with Gasteiger partial charge in [0.1, 0.15) is 37.9 Å². The summed E-state index contributed by atoms with van der Waals surface area (Å²) in [7, 11) is 0. The molecule has 6 heteroatoms. The Morgan fingerprint density at radius 3 is 1.76 bits per heavy atom. The summed E-state index contributed by atoms with van der Waals surface area (Å²) in [6, 6.07) is 29.3. The molecule has 6 nitrogen and oxygen atoms in total. The van der Waals surface area contributed by atoms with Gasteiger partial charge in [0.15, 0.2) is 0 Å². The summed E-state index contributed by atoms with van der Waals surface area (Å²) in [4.78, 5) is 22.5. The Balaban J connectivity index is 1.43. The van der Waals surface area contributed by atoms with E-state index < -0.39 is 11.9 Å². The van der Waals surface area contributed by atoms with Crippen molar-refractivity contribution < 1.29 is 28.5 Å². The highest BCUT2D eigenvalue weighted by molar-refractivity contribution is 5.88. The molecule has 0 saturated heterocycles. The van der Waals surface area contributed by atoms with Crippen molar-refractivity contribution in [3.63, 3.8) is 0 Å². The highest BCUT2D eigenvalue weighted by Gasteiger charge is 2.42.